The second-order valence-corrected chi connectivity index (χ2v) is 20.8. The molecule has 6 rings (SSSR count). The summed E-state index contributed by atoms with van der Waals surface area (Å²) in [4.78, 5) is 29.6. The van der Waals surface area contributed by atoms with Crippen LogP contribution >= 0.6 is 23.2 Å². The van der Waals surface area contributed by atoms with Crippen molar-refractivity contribution >= 4 is 83.2 Å². The van der Waals surface area contributed by atoms with Crippen LogP contribution in [0.25, 0.3) is 11.0 Å². The number of hydrogen-bond donors (Lipinski definition) is 3. The first-order valence-electron chi connectivity index (χ1n) is 22.4. The summed E-state index contributed by atoms with van der Waals surface area (Å²) in [5, 5.41) is 11.1. The van der Waals surface area contributed by atoms with E-state index in [-0.39, 0.29) is 44.3 Å². The van der Waals surface area contributed by atoms with Crippen molar-refractivity contribution in [3.8, 4) is 0 Å². The third-order valence-corrected chi connectivity index (χ3v) is 15.1. The topological polar surface area (TPSA) is 172 Å². The number of halogens is 2. The Balaban J connectivity index is 1.07. The molecule has 0 bridgehead atoms. The number of benzene rings is 4. The minimum atomic E-state index is -4.43. The third-order valence-electron chi connectivity index (χ3n) is 11.6. The summed E-state index contributed by atoms with van der Waals surface area (Å²) < 4.78 is 60.7. The molecule has 1 aliphatic rings. The average molecular weight is 953 g/mol. The fourth-order valence-electron chi connectivity index (χ4n) is 7.96. The fraction of sp³-hybridized carbons (Fsp3) is 0.447. The van der Waals surface area contributed by atoms with Gasteiger partial charge in [0.2, 0.25) is 21.8 Å². The molecule has 5 aromatic rings. The first-order valence-corrected chi connectivity index (χ1v) is 26.1. The first-order chi connectivity index (χ1) is 30.8. The van der Waals surface area contributed by atoms with Crippen LogP contribution in [0, 0.1) is 12.8 Å². The van der Waals surface area contributed by atoms with E-state index in [0.29, 0.717) is 36.1 Å². The Morgan fingerprint density at radius 2 is 1.31 bits per heavy atom. The molecule has 344 valence electrons. The maximum atomic E-state index is 14.3. The molecule has 0 fully saturated rings. The van der Waals surface area contributed by atoms with Crippen LogP contribution in [0.15, 0.2) is 88.7 Å². The molecule has 1 unspecified atom stereocenters. The standard InChI is InChI=1S/C47H59Cl2N7O6S2/c1-3-4-5-6-7-8-9-10-11-12-13-14-15-18-28-50-63(59,60)36-22-25-40(49)43(32-36)53-64(61,62)37-23-24-39(48)42(31-37)51-46(57)38(33-56-45-30-34(2)21-26-41(45)52-54-56)47(58)55-29-27-35-19-16-17-20-44(35)55/h16-17,19-26,30-32,38,50,53H,3-15,18,27-29,33H2,1-2H3,(H,51,57). The maximum absolute atomic E-state index is 14.3. The van der Waals surface area contributed by atoms with Gasteiger partial charge in [-0.3, -0.25) is 14.3 Å². The number of nitrogens with zero attached hydrogens (tertiary/aromatic N) is 4. The van der Waals surface area contributed by atoms with Gasteiger partial charge in [-0.15, -0.1) is 5.10 Å². The van der Waals surface area contributed by atoms with Gasteiger partial charge in [-0.1, -0.05) is 143 Å². The largest absolute Gasteiger partial charge is 0.324 e. The lowest BCUT2D eigenvalue weighted by atomic mass is 10.0. The van der Waals surface area contributed by atoms with Gasteiger partial charge in [0, 0.05) is 18.8 Å². The van der Waals surface area contributed by atoms with E-state index in [1.54, 1.807) is 4.90 Å². The molecule has 1 aliphatic heterocycles. The second kappa shape index (κ2) is 23.1. The van der Waals surface area contributed by atoms with Gasteiger partial charge in [-0.25, -0.2) is 26.2 Å². The van der Waals surface area contributed by atoms with Crippen LogP contribution in [0.3, 0.4) is 0 Å². The highest BCUT2D eigenvalue weighted by molar-refractivity contribution is 7.92. The van der Waals surface area contributed by atoms with Crippen LogP contribution < -0.4 is 19.7 Å². The molecule has 13 nitrogen and oxygen atoms in total. The predicted molar refractivity (Wildman–Crippen MR) is 256 cm³/mol. The fourth-order valence-corrected chi connectivity index (χ4v) is 10.5. The number of fused-ring (bicyclic) bond motifs is 2. The van der Waals surface area contributed by atoms with Gasteiger partial charge < -0.3 is 10.2 Å². The lowest BCUT2D eigenvalue weighted by Crippen LogP contribution is -2.43. The molecule has 3 N–H and O–H groups in total. The molecule has 1 aromatic heterocycles. The van der Waals surface area contributed by atoms with Crippen molar-refractivity contribution < 1.29 is 26.4 Å². The number of hydrogen-bond acceptors (Lipinski definition) is 8. The third kappa shape index (κ3) is 13.1. The Morgan fingerprint density at radius 1 is 0.719 bits per heavy atom. The highest BCUT2D eigenvalue weighted by Gasteiger charge is 2.36. The number of amides is 2. The molecule has 0 radical (unpaired) electrons. The van der Waals surface area contributed by atoms with E-state index in [0.717, 1.165) is 42.5 Å². The van der Waals surface area contributed by atoms with E-state index in [2.05, 4.69) is 32.0 Å². The Morgan fingerprint density at radius 3 is 1.98 bits per heavy atom. The van der Waals surface area contributed by atoms with Crippen LogP contribution in [0.2, 0.25) is 10.0 Å². The quantitative estimate of drug-likeness (QED) is 0.0383. The average Bonchev–Trinajstić information content (AvgIpc) is 3.89. The van der Waals surface area contributed by atoms with Crippen LogP contribution in [0.1, 0.15) is 108 Å². The highest BCUT2D eigenvalue weighted by Crippen LogP contribution is 2.33. The number of unbranched alkanes of at least 4 members (excludes halogenated alkanes) is 13. The Bertz CT molecular complexity index is 2620. The number of carbonyl (C=O) groups is 2. The normalized spacial score (nSPS) is 13.3. The molecule has 0 spiro atoms. The number of rotatable bonds is 25. The molecule has 17 heteroatoms. The number of aryl methyl sites for hydroxylation is 1. The maximum Gasteiger partial charge on any atom is 0.262 e. The van der Waals surface area contributed by atoms with Crippen molar-refractivity contribution in [2.24, 2.45) is 5.92 Å². The minimum Gasteiger partial charge on any atom is -0.324 e. The molecule has 64 heavy (non-hydrogen) atoms. The van der Waals surface area contributed by atoms with Gasteiger partial charge in [0.15, 0.2) is 0 Å². The Labute approximate surface area is 387 Å². The summed E-state index contributed by atoms with van der Waals surface area (Å²) in [6.45, 7) is 4.61. The van der Waals surface area contributed by atoms with E-state index in [1.807, 2.05) is 49.4 Å². The van der Waals surface area contributed by atoms with Crippen LogP contribution in [-0.4, -0.2) is 56.7 Å². The molecular formula is C47H59Cl2N7O6S2. The summed E-state index contributed by atoms with van der Waals surface area (Å²) in [6.07, 6.45) is 17.3. The summed E-state index contributed by atoms with van der Waals surface area (Å²) in [5.41, 5.74) is 3.63. The van der Waals surface area contributed by atoms with Gasteiger partial charge in [0.1, 0.15) is 11.4 Å². The zero-order valence-corrected chi connectivity index (χ0v) is 39.8. The summed E-state index contributed by atoms with van der Waals surface area (Å²) >= 11 is 12.9. The second-order valence-electron chi connectivity index (χ2n) is 16.6. The summed E-state index contributed by atoms with van der Waals surface area (Å²) in [5.74, 6) is -2.53. The van der Waals surface area contributed by atoms with Gasteiger partial charge in [0.05, 0.1) is 43.3 Å². The van der Waals surface area contributed by atoms with Crippen molar-refractivity contribution in [1.82, 2.24) is 19.7 Å². The van der Waals surface area contributed by atoms with Crippen molar-refractivity contribution in [1.29, 1.82) is 0 Å². The van der Waals surface area contributed by atoms with Crippen molar-refractivity contribution in [3.05, 3.63) is 100 Å². The smallest absolute Gasteiger partial charge is 0.262 e. The lowest BCUT2D eigenvalue weighted by Gasteiger charge is -2.24. The molecule has 0 saturated carbocycles. The van der Waals surface area contributed by atoms with Crippen molar-refractivity contribution in [2.75, 3.05) is 28.0 Å². The van der Waals surface area contributed by atoms with E-state index in [1.165, 1.54) is 93.2 Å². The van der Waals surface area contributed by atoms with Crippen LogP contribution in [0.5, 0.6) is 0 Å². The number of nitrogens with one attached hydrogen (secondary N) is 3. The first kappa shape index (κ1) is 48.9. The zero-order valence-electron chi connectivity index (χ0n) is 36.6. The van der Waals surface area contributed by atoms with E-state index >= 15 is 0 Å². The van der Waals surface area contributed by atoms with E-state index in [9.17, 15) is 26.4 Å². The molecule has 1 atom stereocenters. The zero-order chi connectivity index (χ0) is 45.7. The summed E-state index contributed by atoms with van der Waals surface area (Å²) in [6, 6.07) is 20.5. The number of sulfonamides is 2. The number of carbonyl (C=O) groups excluding carboxylic acids is 2. The van der Waals surface area contributed by atoms with Gasteiger partial charge in [-0.05, 0) is 85.5 Å². The molecule has 0 aliphatic carbocycles. The number of aromatic nitrogens is 3. The van der Waals surface area contributed by atoms with Gasteiger partial charge in [0.25, 0.3) is 10.0 Å². The van der Waals surface area contributed by atoms with Crippen LogP contribution in [0.4, 0.5) is 17.1 Å². The highest BCUT2D eigenvalue weighted by atomic mass is 35.5. The predicted octanol–water partition coefficient (Wildman–Crippen LogP) is 10.5. The number of para-hydroxylation sites is 1. The van der Waals surface area contributed by atoms with Gasteiger partial charge >= 0.3 is 0 Å². The van der Waals surface area contributed by atoms with Gasteiger partial charge in [-0.2, -0.15) is 0 Å². The lowest BCUT2D eigenvalue weighted by molar-refractivity contribution is -0.131. The Hall–Kier alpha value is -4.54. The molecular weight excluding hydrogens is 894 g/mol. The Kier molecular flexibility index (Phi) is 17.6. The van der Waals surface area contributed by atoms with Crippen LogP contribution in [-0.2, 0) is 42.6 Å². The summed E-state index contributed by atoms with van der Waals surface area (Å²) in [7, 11) is -8.41. The molecule has 2 amide bonds. The molecule has 4 aromatic carbocycles. The molecule has 2 heterocycles. The minimum absolute atomic E-state index is 0.0165. The van der Waals surface area contributed by atoms with Crippen molar-refractivity contribution in [2.45, 2.75) is 126 Å². The van der Waals surface area contributed by atoms with E-state index in [4.69, 9.17) is 23.2 Å². The molecule has 0 saturated heterocycles. The van der Waals surface area contributed by atoms with Crippen molar-refractivity contribution in [3.63, 3.8) is 0 Å². The SMILES string of the molecule is CCCCCCCCCCCCCCCCNS(=O)(=O)c1ccc(Cl)c(NS(=O)(=O)c2ccc(Cl)c(NC(=O)C(Cn3nnc4ccc(C)cc43)C(=O)N3CCc4ccccc43)c2)c1. The number of anilines is 3. The van der Waals surface area contributed by atoms with E-state index < -0.39 is 37.8 Å². The monoisotopic (exact) mass is 951 g/mol.